The first-order chi connectivity index (χ1) is 24.3. The average molecular weight is 735 g/mol. The minimum Gasteiger partial charge on any atom is -0.394 e. The molecule has 7 unspecified atom stereocenters. The fraction of sp³-hybridized carbons (Fsp3) is 0.950. The fourth-order valence-electron chi connectivity index (χ4n) is 11.8. The van der Waals surface area contributed by atoms with Crippen molar-refractivity contribution < 1.29 is 29.4 Å². The summed E-state index contributed by atoms with van der Waals surface area (Å²) in [6.45, 7) is 9.73. The molecule has 2 aliphatic heterocycles. The number of hydrogen-bond donors (Lipinski definition) is 4. The highest BCUT2D eigenvalue weighted by molar-refractivity contribution is 8.00. The Morgan fingerprint density at radius 3 is 2.49 bits per heavy atom. The molecular formula is C40H70N4O6S. The second kappa shape index (κ2) is 16.8. The molecule has 2 heterocycles. The van der Waals surface area contributed by atoms with Crippen molar-refractivity contribution in [3.63, 3.8) is 0 Å². The highest BCUT2D eigenvalue weighted by Crippen LogP contribution is 2.61. The molecule has 7 aliphatic rings. The van der Waals surface area contributed by atoms with Crippen LogP contribution in [-0.2, 0) is 19.2 Å². The predicted molar refractivity (Wildman–Crippen MR) is 202 cm³/mol. The number of carbonyl (C=O) groups is 2. The van der Waals surface area contributed by atoms with E-state index in [0.717, 1.165) is 57.9 Å². The zero-order chi connectivity index (χ0) is 36.6. The summed E-state index contributed by atoms with van der Waals surface area (Å²) in [5.74, 6) is 3.21. The predicted octanol–water partition coefficient (Wildman–Crippen LogP) is 4.33. The molecule has 2 saturated heterocycles. The van der Waals surface area contributed by atoms with Gasteiger partial charge in [-0.05, 0) is 126 Å². The number of amides is 2. The van der Waals surface area contributed by atoms with Gasteiger partial charge in [-0.1, -0.05) is 27.2 Å². The second-order valence-electron chi connectivity index (χ2n) is 18.3. The highest BCUT2D eigenvalue weighted by atomic mass is 32.2. The molecular weight excluding hydrogens is 665 g/mol. The van der Waals surface area contributed by atoms with Gasteiger partial charge < -0.3 is 30.5 Å². The molecule has 10 nitrogen and oxygen atoms in total. The Balaban J connectivity index is 1.14. The van der Waals surface area contributed by atoms with E-state index in [4.69, 9.17) is 9.57 Å². The van der Waals surface area contributed by atoms with E-state index in [0.29, 0.717) is 52.8 Å². The molecule has 7 fully saturated rings. The molecule has 2 amide bonds. The van der Waals surface area contributed by atoms with E-state index in [9.17, 15) is 19.8 Å². The van der Waals surface area contributed by atoms with Crippen LogP contribution in [0.2, 0.25) is 0 Å². The number of aliphatic hydroxyl groups is 2. The van der Waals surface area contributed by atoms with E-state index >= 15 is 0 Å². The number of methoxy groups -OCH3 is 1. The third kappa shape index (κ3) is 8.35. The van der Waals surface area contributed by atoms with Crippen LogP contribution in [0.5, 0.6) is 0 Å². The lowest BCUT2D eigenvalue weighted by Crippen LogP contribution is -2.62. The van der Waals surface area contributed by atoms with E-state index in [1.54, 1.807) is 12.0 Å². The Hall–Kier alpha value is -0.950. The van der Waals surface area contributed by atoms with Gasteiger partial charge in [0.05, 0.1) is 18.8 Å². The second-order valence-corrected chi connectivity index (χ2v) is 19.7. The van der Waals surface area contributed by atoms with Gasteiger partial charge in [0.1, 0.15) is 12.1 Å². The van der Waals surface area contributed by atoms with E-state index in [-0.39, 0.29) is 42.4 Å². The molecule has 0 spiro atoms. The van der Waals surface area contributed by atoms with Crippen molar-refractivity contribution in [1.29, 1.82) is 0 Å². The van der Waals surface area contributed by atoms with Gasteiger partial charge in [0.2, 0.25) is 11.8 Å². The largest absolute Gasteiger partial charge is 0.394 e. The van der Waals surface area contributed by atoms with Gasteiger partial charge >= 0.3 is 0 Å². The normalized spacial score (nSPS) is 43.1. The molecule has 4 N–H and O–H groups in total. The van der Waals surface area contributed by atoms with E-state index in [1.165, 1.54) is 25.0 Å². The number of carbonyl (C=O) groups excluding carboxylic acids is 2. The summed E-state index contributed by atoms with van der Waals surface area (Å²) in [5, 5.41) is 30.6. The van der Waals surface area contributed by atoms with E-state index in [2.05, 4.69) is 50.4 Å². The summed E-state index contributed by atoms with van der Waals surface area (Å²) in [6, 6.07) is -0.247. The standard InChI is InChI=1S/C40H70N4O6S/c1-23-32-19-28(40(32,3)4)20-33(23)42-39(48)36-35(24(2)46)34(22-45)50-44(36)21-25-10-8-12-31(37(25)49-7)26-16-27(18-29(17-26)43(5)6)38(47)41-14-13-30-11-9-15-51-30/h23-37,45-46H,8-22H2,1-7H3,(H,41,47)(H,42,48)/t23-,24-,25?,26?,27?,28+,29?,30?,31?,32-,33-,34-,35+,36-,37?/m0/s1. The Bertz CT molecular complexity index is 1180. The third-order valence-electron chi connectivity index (χ3n) is 15.0. The highest BCUT2D eigenvalue weighted by Gasteiger charge is 2.58. The SMILES string of the molecule is COC1C(CN2O[C@@H](CO)[C@@H]([C@H](C)O)[C@H]2C(=O)N[C@H]2C[C@H]3C[C@@H]([C@@H]2C)C3(C)C)CCCC1C1CC(C(=O)NCCC2CCCS2)CC(N(C)C)C1. The smallest absolute Gasteiger partial charge is 0.240 e. The van der Waals surface area contributed by atoms with Crippen molar-refractivity contribution in [3.05, 3.63) is 0 Å². The summed E-state index contributed by atoms with van der Waals surface area (Å²) in [6.07, 6.45) is 10.2. The number of hydroxylamine groups is 2. The number of hydrogen-bond acceptors (Lipinski definition) is 9. The molecule has 11 heteroatoms. The van der Waals surface area contributed by atoms with Crippen LogP contribution in [0.1, 0.15) is 98.3 Å². The summed E-state index contributed by atoms with van der Waals surface area (Å²) < 4.78 is 6.39. The number of thioether (sulfide) groups is 1. The number of aliphatic hydroxyl groups excluding tert-OH is 2. The number of fused-ring (bicyclic) bond motifs is 2. The summed E-state index contributed by atoms with van der Waals surface area (Å²) >= 11 is 2.05. The Morgan fingerprint density at radius 1 is 1.08 bits per heavy atom. The summed E-state index contributed by atoms with van der Waals surface area (Å²) in [5.41, 5.74) is 0.322. The lowest BCUT2D eigenvalue weighted by molar-refractivity contribution is -0.193. The quantitative estimate of drug-likeness (QED) is 0.219. The van der Waals surface area contributed by atoms with Crippen LogP contribution >= 0.6 is 11.8 Å². The maximum atomic E-state index is 14.3. The van der Waals surface area contributed by atoms with Crippen molar-refractivity contribution in [2.45, 2.75) is 140 Å². The van der Waals surface area contributed by atoms with Crippen LogP contribution in [0.4, 0.5) is 0 Å². The first kappa shape index (κ1) is 39.7. The first-order valence-corrected chi connectivity index (χ1v) is 21.5. The minimum atomic E-state index is -0.818. The monoisotopic (exact) mass is 735 g/mol. The van der Waals surface area contributed by atoms with Gasteiger partial charge in [0.15, 0.2) is 0 Å². The van der Waals surface area contributed by atoms with Crippen molar-refractivity contribution in [3.8, 4) is 0 Å². The van der Waals surface area contributed by atoms with E-state index in [1.807, 2.05) is 18.9 Å². The average Bonchev–Trinajstić information content (AvgIpc) is 3.76. The van der Waals surface area contributed by atoms with E-state index < -0.39 is 24.2 Å². The molecule has 2 bridgehead atoms. The van der Waals surface area contributed by atoms with Crippen molar-refractivity contribution >= 4 is 23.6 Å². The molecule has 0 aromatic rings. The molecule has 5 saturated carbocycles. The Kier molecular flexibility index (Phi) is 13.1. The molecule has 0 aromatic carbocycles. The van der Waals surface area contributed by atoms with Crippen LogP contribution in [-0.4, -0.2) is 120 Å². The molecule has 0 radical (unpaired) electrons. The molecule has 7 rings (SSSR count). The molecule has 292 valence electrons. The lowest BCUT2D eigenvalue weighted by Gasteiger charge is -2.62. The van der Waals surface area contributed by atoms with Crippen LogP contribution in [0.15, 0.2) is 0 Å². The zero-order valence-corrected chi connectivity index (χ0v) is 33.4. The first-order valence-electron chi connectivity index (χ1n) is 20.4. The van der Waals surface area contributed by atoms with Crippen LogP contribution < -0.4 is 10.6 Å². The minimum absolute atomic E-state index is 0.00356. The molecule has 0 aromatic heterocycles. The lowest BCUT2D eigenvalue weighted by atomic mass is 9.45. The van der Waals surface area contributed by atoms with Gasteiger partial charge in [-0.15, -0.1) is 0 Å². The number of ether oxygens (including phenoxy) is 1. The number of rotatable bonds is 13. The Labute approximate surface area is 312 Å². The van der Waals surface area contributed by atoms with Gasteiger partial charge in [-0.3, -0.25) is 14.4 Å². The van der Waals surface area contributed by atoms with Crippen molar-refractivity contribution in [2.24, 2.45) is 52.8 Å². The van der Waals surface area contributed by atoms with Crippen LogP contribution in [0.25, 0.3) is 0 Å². The molecule has 51 heavy (non-hydrogen) atoms. The van der Waals surface area contributed by atoms with Gasteiger partial charge in [-0.2, -0.15) is 16.8 Å². The Morgan fingerprint density at radius 2 is 1.86 bits per heavy atom. The molecule has 15 atom stereocenters. The van der Waals surface area contributed by atoms with Crippen LogP contribution in [0, 0.1) is 52.8 Å². The summed E-state index contributed by atoms with van der Waals surface area (Å²) in [7, 11) is 6.09. The van der Waals surface area contributed by atoms with Crippen LogP contribution in [0.3, 0.4) is 0 Å². The topological polar surface area (TPSA) is 124 Å². The summed E-state index contributed by atoms with van der Waals surface area (Å²) in [4.78, 5) is 36.6. The van der Waals surface area contributed by atoms with Gasteiger partial charge in [0, 0.05) is 55.3 Å². The van der Waals surface area contributed by atoms with Gasteiger partial charge in [0.25, 0.3) is 0 Å². The zero-order valence-electron chi connectivity index (χ0n) is 32.6. The maximum absolute atomic E-state index is 14.3. The van der Waals surface area contributed by atoms with Crippen molar-refractivity contribution in [1.82, 2.24) is 20.6 Å². The third-order valence-corrected chi connectivity index (χ3v) is 16.4. The maximum Gasteiger partial charge on any atom is 0.240 e. The number of nitrogens with zero attached hydrogens (tertiary/aromatic N) is 2. The number of nitrogens with one attached hydrogen (secondary N) is 2. The van der Waals surface area contributed by atoms with Gasteiger partial charge in [-0.25, -0.2) is 0 Å². The fourth-order valence-corrected chi connectivity index (χ4v) is 13.1. The molecule has 5 aliphatic carbocycles. The van der Waals surface area contributed by atoms with Crippen molar-refractivity contribution in [2.75, 3.05) is 46.7 Å².